The van der Waals surface area contributed by atoms with Crippen molar-refractivity contribution in [1.82, 2.24) is 0 Å². The number of ketones is 1. The van der Waals surface area contributed by atoms with Crippen LogP contribution in [-0.2, 0) is 0 Å². The predicted molar refractivity (Wildman–Crippen MR) is 64.2 cm³/mol. The summed E-state index contributed by atoms with van der Waals surface area (Å²) in [5.74, 6) is -0.0937. The van der Waals surface area contributed by atoms with Crippen molar-refractivity contribution in [3.05, 3.63) is 56.2 Å². The molecular weight excluding hydrogens is 251 g/mol. The molecule has 0 fully saturated rings. The summed E-state index contributed by atoms with van der Waals surface area (Å²) >= 11 is 13.2. The van der Waals surface area contributed by atoms with Gasteiger partial charge >= 0.3 is 0 Å². The number of thiophene rings is 1. The van der Waals surface area contributed by atoms with E-state index in [0.717, 1.165) is 0 Å². The topological polar surface area (TPSA) is 17.1 Å². The molecule has 0 saturated carbocycles. The number of rotatable bonds is 2. The van der Waals surface area contributed by atoms with Crippen LogP contribution >= 0.6 is 34.5 Å². The van der Waals surface area contributed by atoms with E-state index in [2.05, 4.69) is 0 Å². The van der Waals surface area contributed by atoms with Gasteiger partial charge < -0.3 is 0 Å². The van der Waals surface area contributed by atoms with Crippen molar-refractivity contribution in [2.75, 3.05) is 0 Å². The largest absolute Gasteiger partial charge is 0.289 e. The van der Waals surface area contributed by atoms with Gasteiger partial charge in [-0.05, 0) is 29.6 Å². The summed E-state index contributed by atoms with van der Waals surface area (Å²) in [5.41, 5.74) is 1.09. The second-order valence-corrected chi connectivity index (χ2v) is 4.59. The van der Waals surface area contributed by atoms with Crippen LogP contribution < -0.4 is 0 Å². The summed E-state index contributed by atoms with van der Waals surface area (Å²) in [6.07, 6.45) is 0. The molecule has 1 aromatic heterocycles. The van der Waals surface area contributed by atoms with E-state index in [-0.39, 0.29) is 5.78 Å². The highest BCUT2D eigenvalue weighted by Crippen LogP contribution is 2.24. The Bertz CT molecular complexity index is 491. The molecule has 0 atom stereocenters. The SMILES string of the molecule is O=C(c1ccsc1)c1cc(Cl)ccc1Cl. The molecule has 0 unspecified atom stereocenters. The quantitative estimate of drug-likeness (QED) is 0.733. The van der Waals surface area contributed by atoms with Gasteiger partial charge in [-0.1, -0.05) is 23.2 Å². The fourth-order valence-electron chi connectivity index (χ4n) is 1.22. The van der Waals surface area contributed by atoms with Crippen molar-refractivity contribution in [3.8, 4) is 0 Å². The molecule has 2 rings (SSSR count). The molecule has 0 aliphatic carbocycles. The van der Waals surface area contributed by atoms with Gasteiger partial charge in [0.05, 0.1) is 5.02 Å². The second-order valence-electron chi connectivity index (χ2n) is 2.97. The van der Waals surface area contributed by atoms with E-state index in [1.165, 1.54) is 11.3 Å². The summed E-state index contributed by atoms with van der Waals surface area (Å²) < 4.78 is 0. The summed E-state index contributed by atoms with van der Waals surface area (Å²) in [4.78, 5) is 11.9. The third-order valence-electron chi connectivity index (χ3n) is 1.96. The van der Waals surface area contributed by atoms with Crippen LogP contribution in [0.25, 0.3) is 0 Å². The van der Waals surface area contributed by atoms with E-state index >= 15 is 0 Å². The van der Waals surface area contributed by atoms with E-state index in [4.69, 9.17) is 23.2 Å². The summed E-state index contributed by atoms with van der Waals surface area (Å²) in [5, 5.41) is 4.58. The third kappa shape index (κ3) is 2.23. The van der Waals surface area contributed by atoms with Gasteiger partial charge in [0.2, 0.25) is 0 Å². The zero-order chi connectivity index (χ0) is 10.8. The first-order valence-electron chi connectivity index (χ1n) is 4.20. The fourth-order valence-corrected chi connectivity index (χ4v) is 2.23. The molecule has 0 spiro atoms. The maximum atomic E-state index is 11.9. The predicted octanol–water partition coefficient (Wildman–Crippen LogP) is 4.29. The van der Waals surface area contributed by atoms with Gasteiger partial charge in [-0.15, -0.1) is 0 Å². The highest BCUT2D eigenvalue weighted by molar-refractivity contribution is 7.08. The molecule has 4 heteroatoms. The standard InChI is InChI=1S/C11H6Cl2OS/c12-8-1-2-10(13)9(5-8)11(14)7-3-4-15-6-7/h1-6H. The molecule has 0 saturated heterocycles. The van der Waals surface area contributed by atoms with Crippen molar-refractivity contribution in [2.24, 2.45) is 0 Å². The van der Waals surface area contributed by atoms with E-state index in [1.807, 2.05) is 5.38 Å². The molecule has 1 aromatic carbocycles. The van der Waals surface area contributed by atoms with Gasteiger partial charge in [-0.25, -0.2) is 0 Å². The van der Waals surface area contributed by atoms with Gasteiger partial charge in [-0.2, -0.15) is 11.3 Å². The highest BCUT2D eigenvalue weighted by Gasteiger charge is 2.13. The van der Waals surface area contributed by atoms with Gasteiger partial charge in [0.25, 0.3) is 0 Å². The lowest BCUT2D eigenvalue weighted by Crippen LogP contribution is -2.00. The van der Waals surface area contributed by atoms with Crippen molar-refractivity contribution in [2.45, 2.75) is 0 Å². The van der Waals surface area contributed by atoms with Crippen LogP contribution in [0.4, 0.5) is 0 Å². The molecule has 0 radical (unpaired) electrons. The van der Waals surface area contributed by atoms with Gasteiger partial charge in [0.1, 0.15) is 0 Å². The first-order valence-corrected chi connectivity index (χ1v) is 5.90. The number of carbonyl (C=O) groups is 1. The Morgan fingerprint density at radius 3 is 2.67 bits per heavy atom. The summed E-state index contributed by atoms with van der Waals surface area (Å²) in [6, 6.07) is 6.64. The monoisotopic (exact) mass is 256 g/mol. The molecule has 0 aliphatic heterocycles. The van der Waals surface area contributed by atoms with Crippen LogP contribution in [0.5, 0.6) is 0 Å². The average molecular weight is 257 g/mol. The van der Waals surface area contributed by atoms with Gasteiger partial charge in [-0.3, -0.25) is 4.79 Å². The highest BCUT2D eigenvalue weighted by atomic mass is 35.5. The van der Waals surface area contributed by atoms with Crippen molar-refractivity contribution < 1.29 is 4.79 Å². The van der Waals surface area contributed by atoms with E-state index < -0.39 is 0 Å². The fraction of sp³-hybridized carbons (Fsp3) is 0. The van der Waals surface area contributed by atoms with Crippen LogP contribution in [0.1, 0.15) is 15.9 Å². The molecule has 0 aliphatic rings. The van der Waals surface area contributed by atoms with Crippen LogP contribution in [0.15, 0.2) is 35.0 Å². The summed E-state index contributed by atoms with van der Waals surface area (Å²) in [7, 11) is 0. The maximum absolute atomic E-state index is 11.9. The normalized spacial score (nSPS) is 10.3. The van der Waals surface area contributed by atoms with Gasteiger partial charge in [0, 0.05) is 21.5 Å². The first kappa shape index (κ1) is 10.7. The smallest absolute Gasteiger partial charge is 0.195 e. The van der Waals surface area contributed by atoms with E-state index in [9.17, 15) is 4.79 Å². The Kier molecular flexibility index (Phi) is 3.10. The Balaban J connectivity index is 2.46. The van der Waals surface area contributed by atoms with Crippen LogP contribution in [0, 0.1) is 0 Å². The number of carbonyl (C=O) groups excluding carboxylic acids is 1. The molecular formula is C11H6Cl2OS. The summed E-state index contributed by atoms with van der Waals surface area (Å²) in [6.45, 7) is 0. The lowest BCUT2D eigenvalue weighted by molar-refractivity contribution is 0.103. The van der Waals surface area contributed by atoms with Crippen molar-refractivity contribution >= 4 is 40.3 Å². The lowest BCUT2D eigenvalue weighted by Gasteiger charge is -2.02. The molecule has 76 valence electrons. The Morgan fingerprint density at radius 1 is 1.20 bits per heavy atom. The van der Waals surface area contributed by atoms with E-state index in [0.29, 0.717) is 21.2 Å². The molecule has 2 aromatic rings. The number of halogens is 2. The van der Waals surface area contributed by atoms with Gasteiger partial charge in [0.15, 0.2) is 5.78 Å². The second kappa shape index (κ2) is 4.35. The molecule has 0 N–H and O–H groups in total. The number of benzene rings is 1. The molecule has 15 heavy (non-hydrogen) atoms. The lowest BCUT2D eigenvalue weighted by atomic mass is 10.1. The van der Waals surface area contributed by atoms with Crippen LogP contribution in [0.3, 0.4) is 0 Å². The van der Waals surface area contributed by atoms with Crippen molar-refractivity contribution in [3.63, 3.8) is 0 Å². The molecule has 0 bridgehead atoms. The molecule has 1 nitrogen and oxygen atoms in total. The average Bonchev–Trinajstić information content (AvgIpc) is 2.74. The maximum Gasteiger partial charge on any atom is 0.195 e. The Hall–Kier alpha value is -0.830. The first-order chi connectivity index (χ1) is 7.18. The van der Waals surface area contributed by atoms with Crippen LogP contribution in [0.2, 0.25) is 10.0 Å². The van der Waals surface area contributed by atoms with E-state index in [1.54, 1.807) is 29.6 Å². The molecule has 1 heterocycles. The Morgan fingerprint density at radius 2 is 2.00 bits per heavy atom. The number of hydrogen-bond donors (Lipinski definition) is 0. The zero-order valence-electron chi connectivity index (χ0n) is 7.54. The minimum atomic E-state index is -0.0937. The minimum Gasteiger partial charge on any atom is -0.289 e. The third-order valence-corrected chi connectivity index (χ3v) is 3.20. The molecule has 0 amide bonds. The minimum absolute atomic E-state index is 0.0937. The van der Waals surface area contributed by atoms with Crippen molar-refractivity contribution in [1.29, 1.82) is 0 Å². The Labute approximate surface area is 101 Å². The van der Waals surface area contributed by atoms with Crippen LogP contribution in [-0.4, -0.2) is 5.78 Å². The zero-order valence-corrected chi connectivity index (χ0v) is 9.86. The number of hydrogen-bond acceptors (Lipinski definition) is 2.